The lowest BCUT2D eigenvalue weighted by atomic mass is 10.3. The quantitative estimate of drug-likeness (QED) is 0.809. The van der Waals surface area contributed by atoms with Crippen molar-refractivity contribution in [2.24, 2.45) is 0 Å². The Kier molecular flexibility index (Phi) is 3.07. The fourth-order valence-corrected chi connectivity index (χ4v) is 1.42. The molecule has 82 valence electrons. The zero-order valence-electron chi connectivity index (χ0n) is 7.85. The van der Waals surface area contributed by atoms with Crippen LogP contribution in [0.25, 0.3) is 0 Å². The summed E-state index contributed by atoms with van der Waals surface area (Å²) in [6.45, 7) is 0. The van der Waals surface area contributed by atoms with Crippen molar-refractivity contribution in [1.82, 2.24) is 15.0 Å². The maximum atomic E-state index is 9.10. The van der Waals surface area contributed by atoms with Crippen molar-refractivity contribution < 1.29 is 5.11 Å². The van der Waals surface area contributed by atoms with Crippen LogP contribution in [0.2, 0.25) is 10.6 Å². The summed E-state index contributed by atoms with van der Waals surface area (Å²) in [5.74, 6) is 0.424. The number of phenols is 1. The Morgan fingerprint density at radius 3 is 2.06 bits per heavy atom. The lowest BCUT2D eigenvalue weighted by molar-refractivity contribution is 0.475. The fraction of sp³-hybridized carbons (Fsp3) is 0. The van der Waals surface area contributed by atoms with Crippen LogP contribution in [-0.2, 0) is 0 Å². The minimum atomic E-state index is 0.0151. The van der Waals surface area contributed by atoms with Gasteiger partial charge in [-0.05, 0) is 47.5 Å². The molecule has 0 aliphatic heterocycles. The molecular formula is C9H6Cl2N4O. The molecule has 0 spiro atoms. The molecule has 1 heterocycles. The van der Waals surface area contributed by atoms with E-state index < -0.39 is 0 Å². The highest BCUT2D eigenvalue weighted by Gasteiger charge is 2.03. The molecule has 0 saturated carbocycles. The van der Waals surface area contributed by atoms with E-state index in [0.717, 1.165) is 0 Å². The van der Waals surface area contributed by atoms with E-state index in [1.807, 2.05) is 0 Å². The third-order valence-electron chi connectivity index (χ3n) is 1.70. The van der Waals surface area contributed by atoms with E-state index in [1.54, 1.807) is 12.1 Å². The molecule has 2 rings (SSSR count). The number of aromatic nitrogens is 3. The van der Waals surface area contributed by atoms with E-state index in [9.17, 15) is 0 Å². The summed E-state index contributed by atoms with van der Waals surface area (Å²) in [6, 6.07) is 6.40. The van der Waals surface area contributed by atoms with Crippen LogP contribution in [0.15, 0.2) is 24.3 Å². The second kappa shape index (κ2) is 4.51. The number of nitrogens with one attached hydrogen (secondary N) is 1. The van der Waals surface area contributed by atoms with Crippen LogP contribution >= 0.6 is 23.2 Å². The molecule has 0 unspecified atom stereocenters. The fourth-order valence-electron chi connectivity index (χ4n) is 1.06. The van der Waals surface area contributed by atoms with Gasteiger partial charge in [-0.15, -0.1) is 0 Å². The van der Waals surface area contributed by atoms with E-state index >= 15 is 0 Å². The summed E-state index contributed by atoms with van der Waals surface area (Å²) in [5, 5.41) is 12.0. The van der Waals surface area contributed by atoms with Gasteiger partial charge >= 0.3 is 0 Å². The molecule has 2 N–H and O–H groups in total. The van der Waals surface area contributed by atoms with Crippen molar-refractivity contribution in [2.75, 3.05) is 5.32 Å². The van der Waals surface area contributed by atoms with Crippen LogP contribution < -0.4 is 5.32 Å². The molecule has 0 bridgehead atoms. The van der Waals surface area contributed by atoms with Crippen molar-refractivity contribution in [2.45, 2.75) is 0 Å². The largest absolute Gasteiger partial charge is 0.508 e. The second-order valence-corrected chi connectivity index (χ2v) is 3.55. The van der Waals surface area contributed by atoms with Crippen molar-refractivity contribution in [1.29, 1.82) is 0 Å². The lowest BCUT2D eigenvalue weighted by Crippen LogP contribution is -1.99. The monoisotopic (exact) mass is 256 g/mol. The van der Waals surface area contributed by atoms with Gasteiger partial charge in [0.1, 0.15) is 5.75 Å². The van der Waals surface area contributed by atoms with Crippen molar-refractivity contribution in [3.8, 4) is 5.75 Å². The van der Waals surface area contributed by atoms with E-state index in [0.29, 0.717) is 5.69 Å². The molecule has 1 aromatic carbocycles. The number of hydrogen-bond acceptors (Lipinski definition) is 5. The number of hydrogen-bond donors (Lipinski definition) is 2. The van der Waals surface area contributed by atoms with Gasteiger partial charge in [0.25, 0.3) is 0 Å². The third kappa shape index (κ3) is 2.71. The smallest absolute Gasteiger partial charge is 0.232 e. The maximum Gasteiger partial charge on any atom is 0.232 e. The standard InChI is InChI=1S/C9H6Cl2N4O/c10-7-13-8(11)15-9(14-7)12-5-1-3-6(16)4-2-5/h1-4,16H,(H,12,13,14,15). The van der Waals surface area contributed by atoms with E-state index in [-0.39, 0.29) is 22.3 Å². The Morgan fingerprint density at radius 2 is 1.50 bits per heavy atom. The maximum absolute atomic E-state index is 9.10. The van der Waals surface area contributed by atoms with Crippen LogP contribution in [0.1, 0.15) is 0 Å². The summed E-state index contributed by atoms with van der Waals surface area (Å²) in [5.41, 5.74) is 0.705. The number of benzene rings is 1. The van der Waals surface area contributed by atoms with E-state index in [1.165, 1.54) is 12.1 Å². The summed E-state index contributed by atoms with van der Waals surface area (Å²) >= 11 is 11.2. The first kappa shape index (κ1) is 10.9. The van der Waals surface area contributed by atoms with Gasteiger partial charge < -0.3 is 10.4 Å². The molecule has 0 aliphatic carbocycles. The molecule has 0 saturated heterocycles. The Labute approximate surface area is 101 Å². The highest BCUT2D eigenvalue weighted by atomic mass is 35.5. The normalized spacial score (nSPS) is 10.1. The summed E-state index contributed by atoms with van der Waals surface area (Å²) in [4.78, 5) is 11.3. The number of anilines is 2. The van der Waals surface area contributed by atoms with Gasteiger partial charge in [0, 0.05) is 5.69 Å². The van der Waals surface area contributed by atoms with Crippen molar-refractivity contribution in [3.05, 3.63) is 34.8 Å². The number of halogens is 2. The molecule has 5 nitrogen and oxygen atoms in total. The first-order valence-electron chi connectivity index (χ1n) is 4.26. The molecule has 1 aromatic heterocycles. The minimum absolute atomic E-state index is 0.0151. The van der Waals surface area contributed by atoms with Crippen molar-refractivity contribution >= 4 is 34.8 Å². The van der Waals surface area contributed by atoms with Gasteiger partial charge in [-0.1, -0.05) is 0 Å². The summed E-state index contributed by atoms with van der Waals surface area (Å²) in [7, 11) is 0. The number of rotatable bonds is 2. The van der Waals surface area contributed by atoms with Gasteiger partial charge in [0.05, 0.1) is 0 Å². The third-order valence-corrected chi connectivity index (χ3v) is 2.04. The van der Waals surface area contributed by atoms with Crippen LogP contribution in [0.4, 0.5) is 11.6 Å². The Bertz CT molecular complexity index is 483. The second-order valence-electron chi connectivity index (χ2n) is 2.87. The average Bonchev–Trinajstić information content (AvgIpc) is 2.20. The van der Waals surface area contributed by atoms with Crippen molar-refractivity contribution in [3.63, 3.8) is 0 Å². The summed E-state index contributed by atoms with van der Waals surface area (Å²) < 4.78 is 0. The van der Waals surface area contributed by atoms with Gasteiger partial charge in [-0.2, -0.15) is 15.0 Å². The molecule has 0 aliphatic rings. The lowest BCUT2D eigenvalue weighted by Gasteiger charge is -2.04. The van der Waals surface area contributed by atoms with Gasteiger partial charge in [-0.3, -0.25) is 0 Å². The topological polar surface area (TPSA) is 70.9 Å². The average molecular weight is 257 g/mol. The molecule has 16 heavy (non-hydrogen) atoms. The predicted molar refractivity (Wildman–Crippen MR) is 61.2 cm³/mol. The highest BCUT2D eigenvalue weighted by Crippen LogP contribution is 2.18. The molecule has 0 amide bonds. The number of aromatic hydroxyl groups is 1. The predicted octanol–water partition coefficient (Wildman–Crippen LogP) is 2.63. The minimum Gasteiger partial charge on any atom is -0.508 e. The first-order valence-corrected chi connectivity index (χ1v) is 5.02. The first-order chi connectivity index (χ1) is 7.63. The molecule has 2 aromatic rings. The molecule has 0 radical (unpaired) electrons. The van der Waals surface area contributed by atoms with E-state index in [4.69, 9.17) is 28.3 Å². The molecule has 0 atom stereocenters. The SMILES string of the molecule is Oc1ccc(Nc2nc(Cl)nc(Cl)n2)cc1. The van der Waals surface area contributed by atoms with Gasteiger partial charge in [0.2, 0.25) is 16.5 Å². The zero-order valence-corrected chi connectivity index (χ0v) is 9.37. The van der Waals surface area contributed by atoms with Gasteiger partial charge in [0.15, 0.2) is 0 Å². The highest BCUT2D eigenvalue weighted by molar-refractivity contribution is 6.31. The van der Waals surface area contributed by atoms with Crippen LogP contribution in [0.5, 0.6) is 5.75 Å². The van der Waals surface area contributed by atoms with Crippen LogP contribution in [0.3, 0.4) is 0 Å². The molecule has 7 heteroatoms. The van der Waals surface area contributed by atoms with Crippen LogP contribution in [-0.4, -0.2) is 20.1 Å². The molecule has 0 fully saturated rings. The van der Waals surface area contributed by atoms with Gasteiger partial charge in [-0.25, -0.2) is 0 Å². The van der Waals surface area contributed by atoms with E-state index in [2.05, 4.69) is 20.3 Å². The zero-order chi connectivity index (χ0) is 11.5. The molecular weight excluding hydrogens is 251 g/mol. The number of nitrogens with zero attached hydrogens (tertiary/aromatic N) is 3. The summed E-state index contributed by atoms with van der Waals surface area (Å²) in [6.07, 6.45) is 0. The Hall–Kier alpha value is -1.59. The number of phenolic OH excluding ortho intramolecular Hbond substituents is 1. The Balaban J connectivity index is 2.23. The Morgan fingerprint density at radius 1 is 0.938 bits per heavy atom. The van der Waals surface area contributed by atoms with Crippen LogP contribution in [0, 0.1) is 0 Å².